The number of carbonyl (C=O) groups is 1. The van der Waals surface area contributed by atoms with Gasteiger partial charge >= 0.3 is 0 Å². The highest BCUT2D eigenvalue weighted by molar-refractivity contribution is 5.95. The summed E-state index contributed by atoms with van der Waals surface area (Å²) >= 11 is 0. The van der Waals surface area contributed by atoms with Gasteiger partial charge < -0.3 is 14.8 Å². The lowest BCUT2D eigenvalue weighted by Crippen LogP contribution is -2.39. The Morgan fingerprint density at radius 3 is 2.62 bits per heavy atom. The molecule has 0 spiro atoms. The minimum Gasteiger partial charge on any atom is -0.491 e. The standard InChI is InChI=1S/C21H26N2O3/c1-25-14-15-26-19-11-9-18(10-12-19)22-21(24)20-8-5-13-23(20)16-17-6-3-2-4-7-17/h2-4,6-7,9-12,20H,5,8,13-16H2,1H3,(H,22,24). The van der Waals surface area contributed by atoms with Crippen molar-refractivity contribution in [2.75, 3.05) is 32.2 Å². The van der Waals surface area contributed by atoms with E-state index in [9.17, 15) is 4.79 Å². The molecule has 0 aliphatic carbocycles. The number of rotatable bonds is 8. The van der Waals surface area contributed by atoms with Gasteiger partial charge in [0.05, 0.1) is 12.6 Å². The minimum atomic E-state index is -0.0761. The Hall–Kier alpha value is -2.37. The van der Waals surface area contributed by atoms with Gasteiger partial charge in [0.2, 0.25) is 5.91 Å². The highest BCUT2D eigenvalue weighted by atomic mass is 16.5. The number of nitrogens with one attached hydrogen (secondary N) is 1. The van der Waals surface area contributed by atoms with Gasteiger partial charge in [0.25, 0.3) is 0 Å². The Morgan fingerprint density at radius 1 is 1.12 bits per heavy atom. The van der Waals surface area contributed by atoms with Crippen molar-refractivity contribution < 1.29 is 14.3 Å². The van der Waals surface area contributed by atoms with Crippen LogP contribution in [0.5, 0.6) is 5.75 Å². The first-order chi connectivity index (χ1) is 12.8. The number of nitrogens with zero attached hydrogens (tertiary/aromatic N) is 1. The second-order valence-electron chi connectivity index (χ2n) is 6.47. The zero-order chi connectivity index (χ0) is 18.2. The molecule has 1 amide bonds. The van der Waals surface area contributed by atoms with Crippen LogP contribution >= 0.6 is 0 Å². The van der Waals surface area contributed by atoms with E-state index >= 15 is 0 Å². The average Bonchev–Trinajstić information content (AvgIpc) is 3.12. The quantitative estimate of drug-likeness (QED) is 0.739. The van der Waals surface area contributed by atoms with E-state index < -0.39 is 0 Å². The van der Waals surface area contributed by atoms with Crippen LogP contribution in [0.3, 0.4) is 0 Å². The van der Waals surface area contributed by atoms with Gasteiger partial charge in [-0.1, -0.05) is 30.3 Å². The number of methoxy groups -OCH3 is 1. The summed E-state index contributed by atoms with van der Waals surface area (Å²) in [7, 11) is 1.64. The fourth-order valence-electron chi connectivity index (χ4n) is 3.23. The number of amides is 1. The first kappa shape index (κ1) is 18.4. The van der Waals surface area contributed by atoms with Crippen LogP contribution in [-0.4, -0.2) is 43.7 Å². The fourth-order valence-corrected chi connectivity index (χ4v) is 3.23. The predicted octanol–water partition coefficient (Wildman–Crippen LogP) is 3.31. The molecule has 2 aromatic carbocycles. The maximum atomic E-state index is 12.7. The molecule has 1 aliphatic rings. The van der Waals surface area contributed by atoms with E-state index in [1.807, 2.05) is 42.5 Å². The van der Waals surface area contributed by atoms with Gasteiger partial charge in [0, 0.05) is 19.3 Å². The molecule has 1 saturated heterocycles. The van der Waals surface area contributed by atoms with Crippen molar-refractivity contribution in [2.45, 2.75) is 25.4 Å². The Kier molecular flexibility index (Phi) is 6.63. The summed E-state index contributed by atoms with van der Waals surface area (Å²) in [6.07, 6.45) is 1.95. The lowest BCUT2D eigenvalue weighted by atomic mass is 10.1. The van der Waals surface area contributed by atoms with E-state index in [-0.39, 0.29) is 11.9 Å². The molecule has 26 heavy (non-hydrogen) atoms. The Bertz CT molecular complexity index is 688. The van der Waals surface area contributed by atoms with Gasteiger partial charge in [-0.3, -0.25) is 9.69 Å². The number of benzene rings is 2. The lowest BCUT2D eigenvalue weighted by Gasteiger charge is -2.23. The van der Waals surface area contributed by atoms with Crippen LogP contribution in [0.15, 0.2) is 54.6 Å². The van der Waals surface area contributed by atoms with Crippen LogP contribution in [0.4, 0.5) is 5.69 Å². The summed E-state index contributed by atoms with van der Waals surface area (Å²) in [4.78, 5) is 15.0. The lowest BCUT2D eigenvalue weighted by molar-refractivity contribution is -0.120. The minimum absolute atomic E-state index is 0.0616. The Morgan fingerprint density at radius 2 is 1.88 bits per heavy atom. The normalized spacial score (nSPS) is 17.2. The molecule has 0 radical (unpaired) electrons. The number of hydrogen-bond donors (Lipinski definition) is 1. The van der Waals surface area contributed by atoms with Gasteiger partial charge in [-0.05, 0) is 49.2 Å². The van der Waals surface area contributed by atoms with Crippen molar-refractivity contribution in [1.82, 2.24) is 4.90 Å². The number of hydrogen-bond acceptors (Lipinski definition) is 4. The van der Waals surface area contributed by atoms with Crippen LogP contribution in [-0.2, 0) is 16.1 Å². The van der Waals surface area contributed by atoms with Crippen LogP contribution in [0.1, 0.15) is 18.4 Å². The maximum Gasteiger partial charge on any atom is 0.241 e. The van der Waals surface area contributed by atoms with E-state index in [1.54, 1.807) is 7.11 Å². The molecule has 1 heterocycles. The maximum absolute atomic E-state index is 12.7. The summed E-state index contributed by atoms with van der Waals surface area (Å²) in [5.41, 5.74) is 2.03. The molecule has 0 bridgehead atoms. The van der Waals surface area contributed by atoms with Crippen LogP contribution in [0, 0.1) is 0 Å². The van der Waals surface area contributed by atoms with Gasteiger partial charge in [-0.15, -0.1) is 0 Å². The smallest absolute Gasteiger partial charge is 0.241 e. The van der Waals surface area contributed by atoms with E-state index in [4.69, 9.17) is 9.47 Å². The second-order valence-corrected chi connectivity index (χ2v) is 6.47. The summed E-state index contributed by atoms with van der Waals surface area (Å²) in [6, 6.07) is 17.7. The molecule has 5 nitrogen and oxygen atoms in total. The monoisotopic (exact) mass is 354 g/mol. The fraction of sp³-hybridized carbons (Fsp3) is 0.381. The third-order valence-electron chi connectivity index (χ3n) is 4.57. The molecule has 1 N–H and O–H groups in total. The highest BCUT2D eigenvalue weighted by Crippen LogP contribution is 2.22. The molecule has 1 fully saturated rings. The highest BCUT2D eigenvalue weighted by Gasteiger charge is 2.30. The Balaban J connectivity index is 1.55. The largest absolute Gasteiger partial charge is 0.491 e. The number of anilines is 1. The molecule has 0 aromatic heterocycles. The van der Waals surface area contributed by atoms with Gasteiger partial charge in [0.1, 0.15) is 12.4 Å². The van der Waals surface area contributed by atoms with Crippen LogP contribution in [0.2, 0.25) is 0 Å². The summed E-state index contributed by atoms with van der Waals surface area (Å²) in [5, 5.41) is 3.03. The third kappa shape index (κ3) is 5.07. The molecule has 2 aromatic rings. The number of carbonyl (C=O) groups excluding carboxylic acids is 1. The SMILES string of the molecule is COCCOc1ccc(NC(=O)C2CCCN2Cc2ccccc2)cc1. The first-order valence-corrected chi connectivity index (χ1v) is 9.07. The Labute approximate surface area is 154 Å². The van der Waals surface area contributed by atoms with Crippen molar-refractivity contribution in [3.8, 4) is 5.75 Å². The van der Waals surface area contributed by atoms with Crippen LogP contribution < -0.4 is 10.1 Å². The number of ether oxygens (including phenoxy) is 2. The van der Waals surface area contributed by atoms with Crippen LogP contribution in [0.25, 0.3) is 0 Å². The molecule has 1 atom stereocenters. The molecule has 3 rings (SSSR count). The predicted molar refractivity (Wildman–Crippen MR) is 102 cm³/mol. The van der Waals surface area contributed by atoms with E-state index in [2.05, 4.69) is 22.3 Å². The van der Waals surface area contributed by atoms with Gasteiger partial charge in [-0.25, -0.2) is 0 Å². The topological polar surface area (TPSA) is 50.8 Å². The molecule has 1 unspecified atom stereocenters. The molecule has 5 heteroatoms. The van der Waals surface area contributed by atoms with E-state index in [1.165, 1.54) is 5.56 Å². The first-order valence-electron chi connectivity index (χ1n) is 9.07. The molecular weight excluding hydrogens is 328 g/mol. The molecule has 138 valence electrons. The van der Waals surface area contributed by atoms with Crippen molar-refractivity contribution in [3.05, 3.63) is 60.2 Å². The zero-order valence-corrected chi connectivity index (χ0v) is 15.2. The summed E-state index contributed by atoms with van der Waals surface area (Å²) in [5.74, 6) is 0.832. The zero-order valence-electron chi connectivity index (χ0n) is 15.2. The average molecular weight is 354 g/mol. The molecule has 1 aliphatic heterocycles. The van der Waals surface area contributed by atoms with Gasteiger partial charge in [0.15, 0.2) is 0 Å². The van der Waals surface area contributed by atoms with Crippen molar-refractivity contribution >= 4 is 11.6 Å². The van der Waals surface area contributed by atoms with Gasteiger partial charge in [-0.2, -0.15) is 0 Å². The van der Waals surface area contributed by atoms with Crippen molar-refractivity contribution in [2.24, 2.45) is 0 Å². The number of likely N-dealkylation sites (tertiary alicyclic amines) is 1. The van der Waals surface area contributed by atoms with E-state index in [0.717, 1.165) is 37.4 Å². The molecular formula is C21H26N2O3. The summed E-state index contributed by atoms with van der Waals surface area (Å²) < 4.78 is 10.5. The molecule has 0 saturated carbocycles. The second kappa shape index (κ2) is 9.36. The third-order valence-corrected chi connectivity index (χ3v) is 4.57. The van der Waals surface area contributed by atoms with Crippen molar-refractivity contribution in [1.29, 1.82) is 0 Å². The summed E-state index contributed by atoms with van der Waals surface area (Å²) in [6.45, 7) is 2.83. The van der Waals surface area contributed by atoms with E-state index in [0.29, 0.717) is 13.2 Å². The van der Waals surface area contributed by atoms with Crippen molar-refractivity contribution in [3.63, 3.8) is 0 Å².